The van der Waals surface area contributed by atoms with Crippen LogP contribution in [0, 0.1) is 6.08 Å². The Kier molecular flexibility index (Phi) is 6.26. The maximum atomic E-state index is 8.62. The molecular weight excluding hydrogens is 140 g/mol. The van der Waals surface area contributed by atoms with E-state index < -0.39 is 0 Å². The van der Waals surface area contributed by atoms with E-state index in [0.717, 1.165) is 6.42 Å². The van der Waals surface area contributed by atoms with Gasteiger partial charge in [-0.25, -0.2) is 12.2 Å². The summed E-state index contributed by atoms with van der Waals surface area (Å²) in [5.74, 6) is 0. The van der Waals surface area contributed by atoms with Crippen molar-refractivity contribution in [2.24, 2.45) is 0 Å². The third-order valence-corrected chi connectivity index (χ3v) is 0.586. The Morgan fingerprint density at radius 1 is 1.75 bits per heavy atom. The molecule has 8 heavy (non-hydrogen) atoms. The monoisotopic (exact) mass is 145 g/mol. The van der Waals surface area contributed by atoms with E-state index in [2.05, 4.69) is 12.2 Å². The predicted molar refractivity (Wildman–Crippen MR) is 27.3 cm³/mol. The maximum Gasteiger partial charge on any atom is -0.109 e. The van der Waals surface area contributed by atoms with Crippen LogP contribution in [0.15, 0.2) is 18.2 Å². The fraction of sp³-hybridized carbons (Fsp3) is 0.167. The molecule has 0 amide bonds. The zero-order chi connectivity index (χ0) is 6.24. The van der Waals surface area contributed by atoms with Gasteiger partial charge in [0.2, 0.25) is 0 Å². The van der Waals surface area contributed by atoms with Gasteiger partial charge in [0.05, 0.1) is 0 Å². The van der Waals surface area contributed by atoms with Gasteiger partial charge in [0.25, 0.3) is 0 Å². The fourth-order valence-electron chi connectivity index (χ4n) is 0.340. The summed E-state index contributed by atoms with van der Waals surface area (Å²) in [5.41, 5.74) is 0. The summed E-state index contributed by atoms with van der Waals surface area (Å²) in [5, 5.41) is 0. The van der Waals surface area contributed by atoms with Crippen LogP contribution in [0.25, 0.3) is 0 Å². The van der Waals surface area contributed by atoms with Crippen molar-refractivity contribution in [2.45, 2.75) is 6.42 Å². The molecule has 1 aliphatic carbocycles. The van der Waals surface area contributed by atoms with Gasteiger partial charge < -0.3 is 0 Å². The Balaban J connectivity index is 0.000000145. The molecular formula is C6H5CrO-. The SMILES string of the molecule is O=[C]=[Cr].[C-]1=CC=CC1. The molecule has 0 heterocycles. The van der Waals surface area contributed by atoms with Crippen LogP contribution in [0.2, 0.25) is 0 Å². The topological polar surface area (TPSA) is 17.1 Å². The van der Waals surface area contributed by atoms with E-state index in [9.17, 15) is 0 Å². The van der Waals surface area contributed by atoms with Crippen molar-refractivity contribution in [1.29, 1.82) is 0 Å². The van der Waals surface area contributed by atoms with E-state index in [1.165, 1.54) is 4.75 Å². The van der Waals surface area contributed by atoms with Crippen molar-refractivity contribution in [1.82, 2.24) is 0 Å². The second-order valence-electron chi connectivity index (χ2n) is 1.09. The molecule has 0 saturated carbocycles. The predicted octanol–water partition coefficient (Wildman–Crippen LogP) is 0.906. The van der Waals surface area contributed by atoms with Gasteiger partial charge in [-0.05, 0) is 0 Å². The minimum absolute atomic E-state index is 1.01. The van der Waals surface area contributed by atoms with E-state index in [0.29, 0.717) is 0 Å². The van der Waals surface area contributed by atoms with Crippen molar-refractivity contribution >= 4 is 4.75 Å². The standard InChI is InChI=1S/C5H5.CO.Cr/c1-2-4-5-3-1;1-2;/h1-3H,4H2;;/q-1;;. The van der Waals surface area contributed by atoms with Gasteiger partial charge >= 0.3 is 25.4 Å². The first-order valence-electron chi connectivity index (χ1n) is 2.13. The largest absolute Gasteiger partial charge is 0.273 e. The number of allylic oxidation sites excluding steroid dienone is 4. The van der Waals surface area contributed by atoms with Gasteiger partial charge in [0, 0.05) is 0 Å². The molecule has 2 heteroatoms. The molecule has 0 unspecified atom stereocenters. The molecule has 0 aromatic rings. The van der Waals surface area contributed by atoms with Crippen molar-refractivity contribution in [3.8, 4) is 0 Å². The molecule has 0 saturated heterocycles. The molecule has 0 atom stereocenters. The molecule has 0 radical (unpaired) electrons. The van der Waals surface area contributed by atoms with E-state index in [1.807, 2.05) is 28.0 Å². The molecule has 0 aliphatic heterocycles. The number of rotatable bonds is 0. The molecule has 1 aliphatic rings. The molecule has 0 aromatic carbocycles. The van der Waals surface area contributed by atoms with Gasteiger partial charge in [-0.3, -0.25) is 6.08 Å². The third-order valence-electron chi connectivity index (χ3n) is 0.586. The van der Waals surface area contributed by atoms with Gasteiger partial charge in [-0.1, -0.05) is 0 Å². The minimum Gasteiger partial charge on any atom is -0.273 e. The van der Waals surface area contributed by atoms with Gasteiger partial charge in [-0.15, -0.1) is 6.42 Å². The molecule has 0 spiro atoms. The second-order valence-corrected chi connectivity index (χ2v) is 1.35. The first-order chi connectivity index (χ1) is 3.91. The van der Waals surface area contributed by atoms with Crippen LogP contribution >= 0.6 is 0 Å². The van der Waals surface area contributed by atoms with Crippen LogP contribution in [0.4, 0.5) is 0 Å². The summed E-state index contributed by atoms with van der Waals surface area (Å²) in [6.45, 7) is 0. The molecule has 42 valence electrons. The Bertz CT molecular complexity index is 119. The fourth-order valence-corrected chi connectivity index (χ4v) is 0.340. The van der Waals surface area contributed by atoms with Crippen molar-refractivity contribution in [3.05, 3.63) is 24.3 Å². The molecule has 0 fully saturated rings. The molecule has 1 rings (SSSR count). The number of hydrogen-bond acceptors (Lipinski definition) is 1. The van der Waals surface area contributed by atoms with E-state index in [4.69, 9.17) is 4.79 Å². The van der Waals surface area contributed by atoms with E-state index >= 15 is 0 Å². The Hall–Kier alpha value is -0.408. The molecule has 0 bridgehead atoms. The Morgan fingerprint density at radius 2 is 2.38 bits per heavy atom. The average molecular weight is 145 g/mol. The summed E-state index contributed by atoms with van der Waals surface area (Å²) in [7, 11) is 0. The van der Waals surface area contributed by atoms with E-state index in [1.54, 1.807) is 0 Å². The Morgan fingerprint density at radius 3 is 2.50 bits per heavy atom. The zero-order valence-corrected chi connectivity index (χ0v) is 5.53. The van der Waals surface area contributed by atoms with Crippen LogP contribution in [0.5, 0.6) is 0 Å². The molecule has 1 nitrogen and oxygen atoms in total. The summed E-state index contributed by atoms with van der Waals surface area (Å²) in [4.78, 5) is 8.62. The Labute approximate surface area is 56.7 Å². The summed E-state index contributed by atoms with van der Waals surface area (Å²) >= 11 is 2.00. The number of hydrogen-bond donors (Lipinski definition) is 0. The van der Waals surface area contributed by atoms with Gasteiger partial charge in [-0.2, -0.15) is 6.08 Å². The van der Waals surface area contributed by atoms with Crippen molar-refractivity contribution in [3.63, 3.8) is 0 Å². The zero-order valence-electron chi connectivity index (χ0n) is 4.26. The normalized spacial score (nSPS) is 12.0. The number of carbonyl (C=O) groups excluding carboxylic acids is 1. The third kappa shape index (κ3) is 5.59. The first-order valence-corrected chi connectivity index (χ1v) is 2.76. The summed E-state index contributed by atoms with van der Waals surface area (Å²) in [6.07, 6.45) is 10.0. The van der Waals surface area contributed by atoms with Crippen LogP contribution in [0.3, 0.4) is 0 Å². The van der Waals surface area contributed by atoms with Crippen molar-refractivity contribution < 1.29 is 20.6 Å². The molecule has 0 aromatic heterocycles. The average Bonchev–Trinajstić information content (AvgIpc) is 2.17. The van der Waals surface area contributed by atoms with Crippen LogP contribution in [-0.2, 0) is 20.6 Å². The van der Waals surface area contributed by atoms with Crippen LogP contribution < -0.4 is 0 Å². The quantitative estimate of drug-likeness (QED) is 0.463. The molecule has 0 N–H and O–H groups in total. The van der Waals surface area contributed by atoms with E-state index in [-0.39, 0.29) is 0 Å². The maximum absolute atomic E-state index is 8.62. The van der Waals surface area contributed by atoms with Crippen LogP contribution in [-0.4, -0.2) is 4.75 Å². The van der Waals surface area contributed by atoms with Crippen molar-refractivity contribution in [2.75, 3.05) is 0 Å². The van der Waals surface area contributed by atoms with Crippen LogP contribution in [0.1, 0.15) is 6.42 Å². The summed E-state index contributed by atoms with van der Waals surface area (Å²) < 4.78 is 1.38. The summed E-state index contributed by atoms with van der Waals surface area (Å²) in [6, 6.07) is 0. The first kappa shape index (κ1) is 7.59. The smallest absolute Gasteiger partial charge is 0.109 e. The van der Waals surface area contributed by atoms with Gasteiger partial charge in [0.15, 0.2) is 0 Å². The minimum atomic E-state index is 1.01. The second kappa shape index (κ2) is 6.59. The van der Waals surface area contributed by atoms with Gasteiger partial charge in [0.1, 0.15) is 0 Å².